The smallest absolute Gasteiger partial charge is 0.161 e. The van der Waals surface area contributed by atoms with Crippen molar-refractivity contribution in [3.05, 3.63) is 23.8 Å². The van der Waals surface area contributed by atoms with Gasteiger partial charge in [0, 0.05) is 6.42 Å². The van der Waals surface area contributed by atoms with E-state index in [1.165, 1.54) is 0 Å². The standard InChI is InChI=1S/C15H20O4/c16-14(15(17)6-1-2-7-15)11-4-5-12-13(10-11)19-9-3-8-18-12/h4-5,10,14,16-17H,1-3,6-9H2. The highest BCUT2D eigenvalue weighted by atomic mass is 16.5. The Labute approximate surface area is 113 Å². The number of rotatable bonds is 2. The van der Waals surface area contributed by atoms with Crippen molar-refractivity contribution in [2.24, 2.45) is 0 Å². The molecule has 1 fully saturated rings. The summed E-state index contributed by atoms with van der Waals surface area (Å²) in [5, 5.41) is 20.9. The Morgan fingerprint density at radius 2 is 1.68 bits per heavy atom. The van der Waals surface area contributed by atoms with Crippen LogP contribution >= 0.6 is 0 Å². The van der Waals surface area contributed by atoms with Crippen molar-refractivity contribution < 1.29 is 19.7 Å². The van der Waals surface area contributed by atoms with Crippen molar-refractivity contribution in [3.63, 3.8) is 0 Å². The summed E-state index contributed by atoms with van der Waals surface area (Å²) < 4.78 is 11.2. The van der Waals surface area contributed by atoms with Gasteiger partial charge in [-0.1, -0.05) is 18.9 Å². The van der Waals surface area contributed by atoms with Crippen molar-refractivity contribution in [2.75, 3.05) is 13.2 Å². The molecule has 1 aromatic carbocycles. The highest BCUT2D eigenvalue weighted by Gasteiger charge is 2.39. The summed E-state index contributed by atoms with van der Waals surface area (Å²) in [4.78, 5) is 0. The molecule has 1 aliphatic carbocycles. The minimum Gasteiger partial charge on any atom is -0.490 e. The van der Waals surface area contributed by atoms with Gasteiger partial charge in [0.1, 0.15) is 6.10 Å². The maximum atomic E-state index is 10.5. The van der Waals surface area contributed by atoms with Crippen LogP contribution in [0.3, 0.4) is 0 Å². The fourth-order valence-corrected chi connectivity index (χ4v) is 2.92. The zero-order valence-corrected chi connectivity index (χ0v) is 11.0. The van der Waals surface area contributed by atoms with Crippen LogP contribution in [-0.2, 0) is 0 Å². The van der Waals surface area contributed by atoms with E-state index in [0.717, 1.165) is 19.3 Å². The molecule has 2 aliphatic rings. The summed E-state index contributed by atoms with van der Waals surface area (Å²) in [6.45, 7) is 1.27. The number of fused-ring (bicyclic) bond motifs is 1. The predicted octanol–water partition coefficient (Wildman–Crippen LogP) is 2.19. The van der Waals surface area contributed by atoms with Crippen LogP contribution in [-0.4, -0.2) is 29.0 Å². The van der Waals surface area contributed by atoms with E-state index in [1.807, 2.05) is 12.1 Å². The number of aliphatic hydroxyl groups excluding tert-OH is 1. The summed E-state index contributed by atoms with van der Waals surface area (Å²) in [7, 11) is 0. The monoisotopic (exact) mass is 264 g/mol. The molecule has 104 valence electrons. The lowest BCUT2D eigenvalue weighted by atomic mass is 9.89. The second kappa shape index (κ2) is 5.02. The van der Waals surface area contributed by atoms with E-state index in [4.69, 9.17) is 9.47 Å². The molecule has 1 aliphatic heterocycles. The fraction of sp³-hybridized carbons (Fsp3) is 0.600. The highest BCUT2D eigenvalue weighted by molar-refractivity contribution is 5.44. The summed E-state index contributed by atoms with van der Waals surface area (Å²) in [6, 6.07) is 5.42. The van der Waals surface area contributed by atoms with Gasteiger partial charge in [0.2, 0.25) is 0 Å². The molecular formula is C15H20O4. The van der Waals surface area contributed by atoms with Crippen molar-refractivity contribution in [2.45, 2.75) is 43.8 Å². The van der Waals surface area contributed by atoms with Gasteiger partial charge in [0.25, 0.3) is 0 Å². The molecule has 19 heavy (non-hydrogen) atoms. The van der Waals surface area contributed by atoms with Gasteiger partial charge in [-0.2, -0.15) is 0 Å². The molecule has 0 amide bonds. The molecule has 1 aromatic rings. The second-order valence-corrected chi connectivity index (χ2v) is 5.47. The van der Waals surface area contributed by atoms with Gasteiger partial charge in [0.05, 0.1) is 18.8 Å². The largest absolute Gasteiger partial charge is 0.490 e. The Balaban J connectivity index is 1.87. The third-order valence-electron chi connectivity index (χ3n) is 4.07. The van der Waals surface area contributed by atoms with Gasteiger partial charge in [0.15, 0.2) is 11.5 Å². The van der Waals surface area contributed by atoms with E-state index < -0.39 is 11.7 Å². The minimum absolute atomic E-state index is 0.622. The molecule has 1 unspecified atom stereocenters. The van der Waals surface area contributed by atoms with Gasteiger partial charge < -0.3 is 19.7 Å². The maximum absolute atomic E-state index is 10.5. The van der Waals surface area contributed by atoms with Gasteiger partial charge in [-0.25, -0.2) is 0 Å². The van der Waals surface area contributed by atoms with Crippen molar-refractivity contribution in [3.8, 4) is 11.5 Å². The summed E-state index contributed by atoms with van der Waals surface area (Å²) in [6.07, 6.45) is 3.25. The number of aliphatic hydroxyl groups is 2. The van der Waals surface area contributed by atoms with E-state index in [1.54, 1.807) is 6.07 Å². The van der Waals surface area contributed by atoms with Crippen LogP contribution < -0.4 is 9.47 Å². The Morgan fingerprint density at radius 3 is 2.42 bits per heavy atom. The average Bonchev–Trinajstić information content (AvgIpc) is 2.74. The summed E-state index contributed by atoms with van der Waals surface area (Å²) in [5.41, 5.74) is -0.284. The lowest BCUT2D eigenvalue weighted by Crippen LogP contribution is -2.32. The molecule has 0 radical (unpaired) electrons. The first-order valence-electron chi connectivity index (χ1n) is 6.99. The van der Waals surface area contributed by atoms with Crippen LogP contribution in [0.15, 0.2) is 18.2 Å². The van der Waals surface area contributed by atoms with E-state index in [-0.39, 0.29) is 0 Å². The molecular weight excluding hydrogens is 244 g/mol. The number of hydrogen-bond donors (Lipinski definition) is 2. The van der Waals surface area contributed by atoms with E-state index in [9.17, 15) is 10.2 Å². The molecule has 0 spiro atoms. The first kappa shape index (κ1) is 12.8. The quantitative estimate of drug-likeness (QED) is 0.859. The molecule has 3 rings (SSSR count). The number of benzene rings is 1. The SMILES string of the molecule is OC(c1ccc2c(c1)OCCCO2)C1(O)CCCC1. The maximum Gasteiger partial charge on any atom is 0.161 e. The van der Waals surface area contributed by atoms with Crippen LogP contribution in [0, 0.1) is 0 Å². The molecule has 0 bridgehead atoms. The lowest BCUT2D eigenvalue weighted by Gasteiger charge is -2.29. The topological polar surface area (TPSA) is 58.9 Å². The summed E-state index contributed by atoms with van der Waals surface area (Å²) in [5.74, 6) is 1.38. The van der Waals surface area contributed by atoms with Gasteiger partial charge in [-0.15, -0.1) is 0 Å². The van der Waals surface area contributed by atoms with Crippen LogP contribution in [0.4, 0.5) is 0 Å². The lowest BCUT2D eigenvalue weighted by molar-refractivity contribution is -0.0719. The molecule has 4 nitrogen and oxygen atoms in total. The Morgan fingerprint density at radius 1 is 1.00 bits per heavy atom. The molecule has 0 saturated heterocycles. The molecule has 4 heteroatoms. The predicted molar refractivity (Wildman–Crippen MR) is 70.4 cm³/mol. The molecule has 1 atom stereocenters. The third kappa shape index (κ3) is 2.42. The second-order valence-electron chi connectivity index (χ2n) is 5.47. The van der Waals surface area contributed by atoms with E-state index in [0.29, 0.717) is 43.1 Å². The fourth-order valence-electron chi connectivity index (χ4n) is 2.92. The minimum atomic E-state index is -0.986. The van der Waals surface area contributed by atoms with Crippen LogP contribution in [0.5, 0.6) is 11.5 Å². The number of hydrogen-bond acceptors (Lipinski definition) is 4. The van der Waals surface area contributed by atoms with Gasteiger partial charge in [-0.05, 0) is 30.5 Å². The molecule has 1 heterocycles. The number of ether oxygens (including phenoxy) is 2. The Kier molecular flexibility index (Phi) is 3.37. The zero-order valence-electron chi connectivity index (χ0n) is 11.0. The van der Waals surface area contributed by atoms with Crippen molar-refractivity contribution in [1.29, 1.82) is 0 Å². The Bertz CT molecular complexity index is 451. The molecule has 0 aromatic heterocycles. The zero-order chi connectivity index (χ0) is 13.3. The summed E-state index contributed by atoms with van der Waals surface area (Å²) >= 11 is 0. The van der Waals surface area contributed by atoms with Crippen molar-refractivity contribution in [1.82, 2.24) is 0 Å². The first-order chi connectivity index (χ1) is 9.19. The average molecular weight is 264 g/mol. The molecule has 2 N–H and O–H groups in total. The first-order valence-corrected chi connectivity index (χ1v) is 6.99. The highest BCUT2D eigenvalue weighted by Crippen LogP contribution is 2.42. The molecule has 1 saturated carbocycles. The van der Waals surface area contributed by atoms with E-state index >= 15 is 0 Å². The Hall–Kier alpha value is -1.26. The normalized spacial score (nSPS) is 22.8. The van der Waals surface area contributed by atoms with Crippen LogP contribution in [0.25, 0.3) is 0 Å². The van der Waals surface area contributed by atoms with Crippen LogP contribution in [0.2, 0.25) is 0 Å². The van der Waals surface area contributed by atoms with Gasteiger partial charge in [-0.3, -0.25) is 0 Å². The van der Waals surface area contributed by atoms with E-state index in [2.05, 4.69) is 0 Å². The van der Waals surface area contributed by atoms with Crippen LogP contribution in [0.1, 0.15) is 43.8 Å². The third-order valence-corrected chi connectivity index (χ3v) is 4.07. The van der Waals surface area contributed by atoms with Crippen molar-refractivity contribution >= 4 is 0 Å². The van der Waals surface area contributed by atoms with Gasteiger partial charge >= 0.3 is 0 Å².